The van der Waals surface area contributed by atoms with Gasteiger partial charge in [-0.25, -0.2) is 0 Å². The Morgan fingerprint density at radius 2 is 1.77 bits per heavy atom. The number of carbonyl (C=O) groups is 1. The summed E-state index contributed by atoms with van der Waals surface area (Å²) in [5.74, 6) is -0.138. The fourth-order valence-corrected chi connectivity index (χ4v) is 3.24. The Morgan fingerprint density at radius 1 is 1.00 bits per heavy atom. The first-order valence-electron chi connectivity index (χ1n) is 8.41. The van der Waals surface area contributed by atoms with Crippen LogP contribution in [0.25, 0.3) is 10.8 Å². The summed E-state index contributed by atoms with van der Waals surface area (Å²) in [6.45, 7) is 0.167. The summed E-state index contributed by atoms with van der Waals surface area (Å²) < 4.78 is 0. The van der Waals surface area contributed by atoms with E-state index >= 15 is 0 Å². The minimum Gasteiger partial charge on any atom is -0.387 e. The van der Waals surface area contributed by atoms with E-state index in [1.165, 1.54) is 0 Å². The molecule has 26 heavy (non-hydrogen) atoms. The molecule has 5 heteroatoms. The molecule has 0 aliphatic rings. The number of rotatable bonds is 6. The molecule has 0 heterocycles. The van der Waals surface area contributed by atoms with E-state index in [1.54, 1.807) is 6.07 Å². The molecule has 1 atom stereocenters. The van der Waals surface area contributed by atoms with Crippen molar-refractivity contribution in [3.8, 4) is 0 Å². The van der Waals surface area contributed by atoms with Crippen LogP contribution < -0.4 is 5.32 Å². The van der Waals surface area contributed by atoms with E-state index in [9.17, 15) is 9.90 Å². The van der Waals surface area contributed by atoms with Crippen molar-refractivity contribution in [2.24, 2.45) is 0 Å². The number of nitrogens with one attached hydrogen (secondary N) is 1. The Balaban J connectivity index is 1.54. The van der Waals surface area contributed by atoms with Crippen LogP contribution in [-0.2, 0) is 11.2 Å². The van der Waals surface area contributed by atoms with E-state index in [1.807, 2.05) is 54.6 Å². The second-order valence-electron chi connectivity index (χ2n) is 6.14. The van der Waals surface area contributed by atoms with Gasteiger partial charge in [-0.1, -0.05) is 71.7 Å². The molecule has 134 valence electrons. The molecule has 3 aromatic rings. The summed E-state index contributed by atoms with van der Waals surface area (Å²) in [4.78, 5) is 12.1. The Labute approximate surface area is 162 Å². The molecule has 0 aliphatic heterocycles. The van der Waals surface area contributed by atoms with Gasteiger partial charge in [0, 0.05) is 13.0 Å². The summed E-state index contributed by atoms with van der Waals surface area (Å²) in [6.07, 6.45) is 0.0280. The maximum atomic E-state index is 12.1. The molecule has 1 unspecified atom stereocenters. The molecule has 3 aromatic carbocycles. The van der Waals surface area contributed by atoms with E-state index in [-0.39, 0.29) is 18.9 Å². The highest BCUT2D eigenvalue weighted by molar-refractivity contribution is 6.42. The topological polar surface area (TPSA) is 49.3 Å². The molecular formula is C21H19Cl2NO2. The average Bonchev–Trinajstić information content (AvgIpc) is 2.66. The van der Waals surface area contributed by atoms with Crippen molar-refractivity contribution in [1.29, 1.82) is 0 Å². The van der Waals surface area contributed by atoms with Crippen LogP contribution in [0.4, 0.5) is 0 Å². The largest absolute Gasteiger partial charge is 0.387 e. The van der Waals surface area contributed by atoms with E-state index in [0.717, 1.165) is 21.9 Å². The lowest BCUT2D eigenvalue weighted by Crippen LogP contribution is -2.28. The number of hydrogen-bond acceptors (Lipinski definition) is 2. The molecule has 0 bridgehead atoms. The van der Waals surface area contributed by atoms with Crippen molar-refractivity contribution in [1.82, 2.24) is 5.32 Å². The fraction of sp³-hybridized carbons (Fsp3) is 0.190. The van der Waals surface area contributed by atoms with E-state index < -0.39 is 6.10 Å². The lowest BCUT2D eigenvalue weighted by atomic mass is 10.0. The molecule has 0 aliphatic carbocycles. The third-order valence-corrected chi connectivity index (χ3v) is 5.16. The highest BCUT2D eigenvalue weighted by Crippen LogP contribution is 2.26. The van der Waals surface area contributed by atoms with E-state index in [0.29, 0.717) is 16.5 Å². The third kappa shape index (κ3) is 4.55. The highest BCUT2D eigenvalue weighted by atomic mass is 35.5. The van der Waals surface area contributed by atoms with Crippen LogP contribution >= 0.6 is 23.2 Å². The zero-order valence-electron chi connectivity index (χ0n) is 14.1. The summed E-state index contributed by atoms with van der Waals surface area (Å²) in [5.41, 5.74) is 1.62. The highest BCUT2D eigenvalue weighted by Gasteiger charge is 2.11. The van der Waals surface area contributed by atoms with Crippen molar-refractivity contribution < 1.29 is 9.90 Å². The van der Waals surface area contributed by atoms with Crippen LogP contribution in [0.15, 0.2) is 60.7 Å². The van der Waals surface area contributed by atoms with Crippen LogP contribution in [0.1, 0.15) is 23.7 Å². The number of fused-ring (bicyclic) bond motifs is 1. The van der Waals surface area contributed by atoms with Gasteiger partial charge in [0.25, 0.3) is 0 Å². The monoisotopic (exact) mass is 387 g/mol. The maximum absolute atomic E-state index is 12.1. The minimum atomic E-state index is -0.752. The van der Waals surface area contributed by atoms with Crippen molar-refractivity contribution in [3.05, 3.63) is 81.8 Å². The van der Waals surface area contributed by atoms with Crippen molar-refractivity contribution in [3.63, 3.8) is 0 Å². The summed E-state index contributed by atoms with van der Waals surface area (Å²) >= 11 is 12.1. The molecule has 2 N–H and O–H groups in total. The van der Waals surface area contributed by atoms with Gasteiger partial charge in [0.2, 0.25) is 5.91 Å². The lowest BCUT2D eigenvalue weighted by Gasteiger charge is -2.13. The molecule has 3 nitrogen and oxygen atoms in total. The van der Waals surface area contributed by atoms with Gasteiger partial charge in [-0.05, 0) is 40.5 Å². The van der Waals surface area contributed by atoms with Gasteiger partial charge in [-0.2, -0.15) is 0 Å². The predicted molar refractivity (Wildman–Crippen MR) is 107 cm³/mol. The maximum Gasteiger partial charge on any atom is 0.220 e. The van der Waals surface area contributed by atoms with E-state index in [4.69, 9.17) is 23.2 Å². The number of carbonyl (C=O) groups excluding carboxylic acids is 1. The van der Waals surface area contributed by atoms with Gasteiger partial charge in [-0.3, -0.25) is 4.79 Å². The molecule has 0 saturated heterocycles. The van der Waals surface area contributed by atoms with Gasteiger partial charge in [0.1, 0.15) is 0 Å². The molecule has 0 saturated carbocycles. The third-order valence-electron chi connectivity index (χ3n) is 4.30. The predicted octanol–water partition coefficient (Wildman–Crippen LogP) is 4.93. The molecule has 0 aromatic heterocycles. The van der Waals surface area contributed by atoms with Crippen LogP contribution in [0, 0.1) is 0 Å². The number of aliphatic hydroxyl groups excluding tert-OH is 1. The standard InChI is InChI=1S/C21H19Cl2NO2/c22-18-7-3-6-15(21(18)23)10-11-20(26)24-13-19(25)17-9-8-14-4-1-2-5-16(14)12-17/h1-9,12,19,25H,10-11,13H2,(H,24,26). The second kappa shape index (κ2) is 8.54. The quantitative estimate of drug-likeness (QED) is 0.629. The fourth-order valence-electron chi connectivity index (χ4n) is 2.82. The Morgan fingerprint density at radius 3 is 2.58 bits per heavy atom. The number of hydrogen-bond donors (Lipinski definition) is 2. The van der Waals surface area contributed by atoms with E-state index in [2.05, 4.69) is 5.32 Å². The van der Waals surface area contributed by atoms with Crippen LogP contribution in [0.5, 0.6) is 0 Å². The molecule has 0 spiro atoms. The average molecular weight is 388 g/mol. The van der Waals surface area contributed by atoms with Crippen LogP contribution in [-0.4, -0.2) is 17.6 Å². The van der Waals surface area contributed by atoms with Gasteiger partial charge in [0.15, 0.2) is 0 Å². The van der Waals surface area contributed by atoms with Crippen LogP contribution in [0.3, 0.4) is 0 Å². The Kier molecular flexibility index (Phi) is 6.15. The summed E-state index contributed by atoms with van der Waals surface area (Å²) in [7, 11) is 0. The first-order chi connectivity index (χ1) is 12.5. The van der Waals surface area contributed by atoms with Crippen molar-refractivity contribution in [2.75, 3.05) is 6.54 Å². The van der Waals surface area contributed by atoms with Crippen molar-refractivity contribution in [2.45, 2.75) is 18.9 Å². The molecule has 0 radical (unpaired) electrons. The Bertz CT molecular complexity index is 927. The normalized spacial score (nSPS) is 12.1. The Hall–Kier alpha value is -2.07. The first kappa shape index (κ1) is 18.7. The smallest absolute Gasteiger partial charge is 0.220 e. The zero-order valence-corrected chi connectivity index (χ0v) is 15.6. The minimum absolute atomic E-state index is 0.138. The van der Waals surface area contributed by atoms with Gasteiger partial charge in [-0.15, -0.1) is 0 Å². The second-order valence-corrected chi connectivity index (χ2v) is 6.92. The molecular weight excluding hydrogens is 369 g/mol. The first-order valence-corrected chi connectivity index (χ1v) is 9.16. The SMILES string of the molecule is O=C(CCc1cccc(Cl)c1Cl)NCC(O)c1ccc2ccccc2c1. The molecule has 0 fully saturated rings. The summed E-state index contributed by atoms with van der Waals surface area (Å²) in [5, 5.41) is 16.3. The number of halogens is 2. The van der Waals surface area contributed by atoms with Crippen LogP contribution in [0.2, 0.25) is 10.0 Å². The number of amides is 1. The van der Waals surface area contributed by atoms with Gasteiger partial charge < -0.3 is 10.4 Å². The number of benzene rings is 3. The van der Waals surface area contributed by atoms with Gasteiger partial charge in [0.05, 0.1) is 16.1 Å². The van der Waals surface area contributed by atoms with Crippen molar-refractivity contribution >= 4 is 39.9 Å². The number of aliphatic hydroxyl groups is 1. The summed E-state index contributed by atoms with van der Waals surface area (Å²) in [6, 6.07) is 19.1. The lowest BCUT2D eigenvalue weighted by molar-refractivity contribution is -0.121. The molecule has 3 rings (SSSR count). The number of aryl methyl sites for hydroxylation is 1. The van der Waals surface area contributed by atoms with Gasteiger partial charge >= 0.3 is 0 Å². The zero-order chi connectivity index (χ0) is 18.5. The molecule has 1 amide bonds.